The van der Waals surface area contributed by atoms with E-state index in [1.165, 1.54) is 38.4 Å². The highest BCUT2D eigenvalue weighted by molar-refractivity contribution is 6.30. The summed E-state index contributed by atoms with van der Waals surface area (Å²) in [7, 11) is 2.61. The number of urea groups is 1. The van der Waals surface area contributed by atoms with E-state index in [2.05, 4.69) is 10.5 Å². The van der Waals surface area contributed by atoms with E-state index in [0.717, 1.165) is 9.80 Å². The fourth-order valence-corrected chi connectivity index (χ4v) is 2.86. The molecule has 2 N–H and O–H groups in total. The predicted octanol–water partition coefficient (Wildman–Crippen LogP) is 1.87. The highest BCUT2D eigenvalue weighted by Crippen LogP contribution is 2.21. The third-order valence-corrected chi connectivity index (χ3v) is 4.51. The van der Waals surface area contributed by atoms with Gasteiger partial charge in [0.1, 0.15) is 0 Å². The zero-order valence-corrected chi connectivity index (χ0v) is 15.7. The maximum atomic E-state index is 12.7. The van der Waals surface area contributed by atoms with Gasteiger partial charge in [0.15, 0.2) is 5.92 Å². The zero-order valence-electron chi connectivity index (χ0n) is 15.7. The Labute approximate surface area is 166 Å². The molecule has 2 aromatic carbocycles. The Bertz CT molecular complexity index is 977. The number of aromatic carboxylic acids is 1. The van der Waals surface area contributed by atoms with Gasteiger partial charge in [0.05, 0.1) is 17.0 Å². The number of hydrogen-bond donors (Lipinski definition) is 2. The molecule has 1 heterocycles. The number of imide groups is 2. The van der Waals surface area contributed by atoms with Gasteiger partial charge < -0.3 is 5.11 Å². The van der Waals surface area contributed by atoms with E-state index in [0.29, 0.717) is 11.3 Å². The molecule has 0 aliphatic carbocycles. The van der Waals surface area contributed by atoms with Gasteiger partial charge in [-0.2, -0.15) is 5.10 Å². The predicted molar refractivity (Wildman–Crippen MR) is 104 cm³/mol. The number of amides is 4. The molecule has 0 bridgehead atoms. The van der Waals surface area contributed by atoms with Crippen molar-refractivity contribution in [2.24, 2.45) is 11.0 Å². The molecule has 1 saturated heterocycles. The van der Waals surface area contributed by atoms with E-state index in [9.17, 15) is 19.2 Å². The molecular formula is C20H18N4O5. The molecule has 0 spiro atoms. The topological polar surface area (TPSA) is 119 Å². The standard InChI is InChI=1S/C20H18N4O5/c1-23-17(25)15(18(26)24(2)20(23)29)16(12-6-4-3-5-7-12)22-21-14-10-8-13(9-11-14)19(27)28/h3-11,15,21H,1-2H3,(H,27,28)/b22-16+. The molecule has 9 heteroatoms. The molecule has 0 unspecified atom stereocenters. The molecule has 9 nitrogen and oxygen atoms in total. The number of carboxylic acids is 1. The Balaban J connectivity index is 2.00. The minimum absolute atomic E-state index is 0.113. The number of nitrogens with one attached hydrogen (secondary N) is 1. The fraction of sp³-hybridized carbons (Fsp3) is 0.150. The van der Waals surface area contributed by atoms with Crippen molar-refractivity contribution in [3.63, 3.8) is 0 Å². The van der Waals surface area contributed by atoms with Crippen molar-refractivity contribution in [3.05, 3.63) is 65.7 Å². The maximum absolute atomic E-state index is 12.7. The summed E-state index contributed by atoms with van der Waals surface area (Å²) >= 11 is 0. The summed E-state index contributed by atoms with van der Waals surface area (Å²) < 4.78 is 0. The van der Waals surface area contributed by atoms with E-state index in [1.807, 2.05) is 0 Å². The van der Waals surface area contributed by atoms with Crippen molar-refractivity contribution >= 4 is 35.2 Å². The Morgan fingerprint density at radius 1 is 0.897 bits per heavy atom. The average Bonchev–Trinajstić information content (AvgIpc) is 2.74. The van der Waals surface area contributed by atoms with Crippen LogP contribution >= 0.6 is 0 Å². The van der Waals surface area contributed by atoms with E-state index in [4.69, 9.17) is 5.11 Å². The third-order valence-electron chi connectivity index (χ3n) is 4.51. The molecule has 1 fully saturated rings. The summed E-state index contributed by atoms with van der Waals surface area (Å²) in [6.45, 7) is 0. The minimum atomic E-state index is -1.30. The van der Waals surface area contributed by atoms with Gasteiger partial charge in [0.25, 0.3) is 0 Å². The summed E-state index contributed by atoms with van der Waals surface area (Å²) in [6.07, 6.45) is 0. The molecule has 29 heavy (non-hydrogen) atoms. The summed E-state index contributed by atoms with van der Waals surface area (Å²) in [5, 5.41) is 13.3. The van der Waals surface area contributed by atoms with Gasteiger partial charge >= 0.3 is 12.0 Å². The molecule has 148 valence electrons. The van der Waals surface area contributed by atoms with Gasteiger partial charge in [0.2, 0.25) is 11.8 Å². The van der Waals surface area contributed by atoms with Crippen LogP contribution in [0, 0.1) is 5.92 Å². The lowest BCUT2D eigenvalue weighted by molar-refractivity contribution is -0.144. The molecule has 1 aliphatic heterocycles. The molecule has 0 saturated carbocycles. The number of carbonyl (C=O) groups excluding carboxylic acids is 3. The SMILES string of the molecule is CN1C(=O)C(/C(=N/Nc2ccc(C(=O)O)cc2)c2ccccc2)C(=O)N(C)C1=O. The first kappa shape index (κ1) is 19.7. The van der Waals surface area contributed by atoms with E-state index < -0.39 is 29.7 Å². The van der Waals surface area contributed by atoms with Crippen molar-refractivity contribution in [1.82, 2.24) is 9.80 Å². The van der Waals surface area contributed by atoms with Gasteiger partial charge in [-0.3, -0.25) is 24.8 Å². The lowest BCUT2D eigenvalue weighted by Crippen LogP contribution is -2.59. The van der Waals surface area contributed by atoms with Crippen LogP contribution in [-0.2, 0) is 9.59 Å². The van der Waals surface area contributed by atoms with Crippen LogP contribution in [0.3, 0.4) is 0 Å². The lowest BCUT2D eigenvalue weighted by atomic mass is 9.92. The van der Waals surface area contributed by atoms with Crippen molar-refractivity contribution in [1.29, 1.82) is 0 Å². The molecule has 0 aromatic heterocycles. The van der Waals surface area contributed by atoms with Gasteiger partial charge in [-0.05, 0) is 29.8 Å². The van der Waals surface area contributed by atoms with E-state index in [1.54, 1.807) is 30.3 Å². The van der Waals surface area contributed by atoms with E-state index >= 15 is 0 Å². The van der Waals surface area contributed by atoms with Gasteiger partial charge in [0, 0.05) is 14.1 Å². The van der Waals surface area contributed by atoms with Crippen LogP contribution in [0.1, 0.15) is 15.9 Å². The Morgan fingerprint density at radius 2 is 1.45 bits per heavy atom. The van der Waals surface area contributed by atoms with Crippen LogP contribution in [0.4, 0.5) is 10.5 Å². The fourth-order valence-electron chi connectivity index (χ4n) is 2.86. The number of rotatable bonds is 5. The number of hydrazone groups is 1. The summed E-state index contributed by atoms with van der Waals surface area (Å²) in [5.41, 5.74) is 4.02. The first-order valence-electron chi connectivity index (χ1n) is 8.62. The maximum Gasteiger partial charge on any atom is 0.335 e. The number of hydrogen-bond acceptors (Lipinski definition) is 6. The molecule has 4 amide bonds. The van der Waals surface area contributed by atoms with E-state index in [-0.39, 0.29) is 11.3 Å². The van der Waals surface area contributed by atoms with Gasteiger partial charge in [-0.1, -0.05) is 30.3 Å². The number of carbonyl (C=O) groups is 4. The van der Waals surface area contributed by atoms with Crippen molar-refractivity contribution in [2.45, 2.75) is 0 Å². The summed E-state index contributed by atoms with van der Waals surface area (Å²) in [5.74, 6) is -3.71. The second-order valence-electron chi connectivity index (χ2n) is 6.37. The number of benzene rings is 2. The first-order valence-corrected chi connectivity index (χ1v) is 8.62. The van der Waals surface area contributed by atoms with Crippen molar-refractivity contribution in [2.75, 3.05) is 19.5 Å². The highest BCUT2D eigenvalue weighted by Gasteiger charge is 2.45. The number of nitrogens with zero attached hydrogens (tertiary/aromatic N) is 3. The smallest absolute Gasteiger partial charge is 0.335 e. The second kappa shape index (κ2) is 7.93. The minimum Gasteiger partial charge on any atom is -0.478 e. The monoisotopic (exact) mass is 394 g/mol. The normalized spacial score (nSPS) is 15.7. The summed E-state index contributed by atoms with van der Waals surface area (Å²) in [4.78, 5) is 50.2. The van der Waals surface area contributed by atoms with Crippen LogP contribution in [0.5, 0.6) is 0 Å². The number of anilines is 1. The average molecular weight is 394 g/mol. The Hall–Kier alpha value is -4.01. The molecule has 3 rings (SSSR count). The van der Waals surface area contributed by atoms with Crippen molar-refractivity contribution in [3.8, 4) is 0 Å². The first-order chi connectivity index (χ1) is 13.8. The second-order valence-corrected chi connectivity index (χ2v) is 6.37. The van der Waals surface area contributed by atoms with Crippen LogP contribution in [-0.4, -0.2) is 58.5 Å². The summed E-state index contributed by atoms with van der Waals surface area (Å²) in [6, 6.07) is 13.8. The highest BCUT2D eigenvalue weighted by atomic mass is 16.4. The number of barbiturate groups is 1. The third kappa shape index (κ3) is 3.84. The zero-order chi connectivity index (χ0) is 21.1. The van der Waals surface area contributed by atoms with Crippen LogP contribution < -0.4 is 5.43 Å². The molecule has 2 aromatic rings. The van der Waals surface area contributed by atoms with Crippen LogP contribution in [0.25, 0.3) is 0 Å². The number of carboxylic acid groups (broad SMARTS) is 1. The Kier molecular flexibility index (Phi) is 5.40. The quantitative estimate of drug-likeness (QED) is 0.454. The molecule has 0 radical (unpaired) electrons. The van der Waals surface area contributed by atoms with Crippen LogP contribution in [0.2, 0.25) is 0 Å². The molecular weight excluding hydrogens is 376 g/mol. The Morgan fingerprint density at radius 3 is 1.97 bits per heavy atom. The van der Waals surface area contributed by atoms with Crippen LogP contribution in [0.15, 0.2) is 59.7 Å². The molecule has 1 aliphatic rings. The van der Waals surface area contributed by atoms with Gasteiger partial charge in [-0.15, -0.1) is 0 Å². The van der Waals surface area contributed by atoms with Crippen molar-refractivity contribution < 1.29 is 24.3 Å². The molecule has 0 atom stereocenters. The van der Waals surface area contributed by atoms with Gasteiger partial charge in [-0.25, -0.2) is 9.59 Å². The lowest BCUT2D eigenvalue weighted by Gasteiger charge is -2.33. The largest absolute Gasteiger partial charge is 0.478 e.